The summed E-state index contributed by atoms with van der Waals surface area (Å²) in [6.07, 6.45) is 2.23. The summed E-state index contributed by atoms with van der Waals surface area (Å²) in [7, 11) is 1.71. The lowest BCUT2D eigenvalue weighted by atomic mass is 9.97. The second kappa shape index (κ2) is 5.83. The highest BCUT2D eigenvalue weighted by Gasteiger charge is 2.21. The van der Waals surface area contributed by atoms with Gasteiger partial charge in [-0.2, -0.15) is 5.26 Å². The summed E-state index contributed by atoms with van der Waals surface area (Å²) >= 11 is 0. The van der Waals surface area contributed by atoms with Crippen LogP contribution in [-0.4, -0.2) is 26.8 Å². The van der Waals surface area contributed by atoms with Crippen LogP contribution in [0, 0.1) is 23.1 Å². The van der Waals surface area contributed by atoms with Gasteiger partial charge in [-0.15, -0.1) is 0 Å². The Morgan fingerprint density at radius 3 is 3.11 bits per heavy atom. The summed E-state index contributed by atoms with van der Waals surface area (Å²) in [5.41, 5.74) is 1.24. The summed E-state index contributed by atoms with van der Waals surface area (Å²) in [6, 6.07) is 6.48. The second-order valence-corrected chi connectivity index (χ2v) is 4.68. The van der Waals surface area contributed by atoms with Crippen molar-refractivity contribution in [1.29, 1.82) is 5.26 Å². The topological polar surface area (TPSA) is 36.3 Å². The summed E-state index contributed by atoms with van der Waals surface area (Å²) in [5.74, 6) is 0.126. The predicted octanol–water partition coefficient (Wildman–Crippen LogP) is 2.56. The number of methoxy groups -OCH3 is 1. The van der Waals surface area contributed by atoms with E-state index in [0.717, 1.165) is 38.2 Å². The standard InChI is InChI=1S/C14H17FN2O/c1-18-10-11-3-2-6-17(9-11)14-5-4-13(15)7-12(14)8-16/h4-5,7,11H,2-3,6,9-10H2,1H3. The van der Waals surface area contributed by atoms with Gasteiger partial charge in [0.05, 0.1) is 17.9 Å². The molecule has 1 atom stereocenters. The van der Waals surface area contributed by atoms with Crippen molar-refractivity contribution in [2.75, 3.05) is 31.7 Å². The number of nitrogens with zero attached hydrogens (tertiary/aromatic N) is 2. The van der Waals surface area contributed by atoms with Gasteiger partial charge in [-0.05, 0) is 37.0 Å². The van der Waals surface area contributed by atoms with Crippen LogP contribution in [0.15, 0.2) is 18.2 Å². The smallest absolute Gasteiger partial charge is 0.124 e. The number of anilines is 1. The van der Waals surface area contributed by atoms with Crippen molar-refractivity contribution in [3.63, 3.8) is 0 Å². The molecule has 1 aromatic rings. The Morgan fingerprint density at radius 1 is 1.56 bits per heavy atom. The van der Waals surface area contributed by atoms with E-state index in [4.69, 9.17) is 10.00 Å². The minimum atomic E-state index is -0.360. The maximum Gasteiger partial charge on any atom is 0.124 e. The lowest BCUT2D eigenvalue weighted by Gasteiger charge is -2.34. The highest BCUT2D eigenvalue weighted by molar-refractivity contribution is 5.59. The predicted molar refractivity (Wildman–Crippen MR) is 67.9 cm³/mol. The van der Waals surface area contributed by atoms with Crippen LogP contribution in [0.1, 0.15) is 18.4 Å². The zero-order valence-electron chi connectivity index (χ0n) is 10.5. The molecule has 1 unspecified atom stereocenters. The molecule has 1 fully saturated rings. The Morgan fingerprint density at radius 2 is 2.39 bits per heavy atom. The number of nitriles is 1. The van der Waals surface area contributed by atoms with Crippen LogP contribution in [0.25, 0.3) is 0 Å². The third-order valence-corrected chi connectivity index (χ3v) is 3.34. The number of halogens is 1. The highest BCUT2D eigenvalue weighted by atomic mass is 19.1. The quantitative estimate of drug-likeness (QED) is 0.824. The van der Waals surface area contributed by atoms with Crippen LogP contribution < -0.4 is 4.90 Å². The zero-order chi connectivity index (χ0) is 13.0. The van der Waals surface area contributed by atoms with Crippen molar-refractivity contribution in [2.45, 2.75) is 12.8 Å². The van der Waals surface area contributed by atoms with Gasteiger partial charge in [-0.1, -0.05) is 0 Å². The van der Waals surface area contributed by atoms with Gasteiger partial charge in [0.1, 0.15) is 11.9 Å². The highest BCUT2D eigenvalue weighted by Crippen LogP contribution is 2.26. The van der Waals surface area contributed by atoms with Gasteiger partial charge in [0.2, 0.25) is 0 Å². The van der Waals surface area contributed by atoms with E-state index < -0.39 is 0 Å². The van der Waals surface area contributed by atoms with E-state index in [1.807, 2.05) is 0 Å². The van der Waals surface area contributed by atoms with E-state index in [-0.39, 0.29) is 5.82 Å². The maximum atomic E-state index is 13.1. The Balaban J connectivity index is 2.18. The number of hydrogen-bond acceptors (Lipinski definition) is 3. The number of hydrogen-bond donors (Lipinski definition) is 0. The van der Waals surface area contributed by atoms with Gasteiger partial charge in [-0.25, -0.2) is 4.39 Å². The normalized spacial score (nSPS) is 19.6. The van der Waals surface area contributed by atoms with Crippen molar-refractivity contribution in [3.8, 4) is 6.07 Å². The molecule has 0 aromatic heterocycles. The van der Waals surface area contributed by atoms with Gasteiger partial charge >= 0.3 is 0 Å². The molecule has 0 spiro atoms. The molecule has 1 saturated heterocycles. The van der Waals surface area contributed by atoms with E-state index in [1.165, 1.54) is 12.1 Å². The molecule has 18 heavy (non-hydrogen) atoms. The molecule has 3 nitrogen and oxygen atoms in total. The first-order valence-corrected chi connectivity index (χ1v) is 6.18. The minimum absolute atomic E-state index is 0.360. The molecule has 1 heterocycles. The molecule has 0 bridgehead atoms. The lowest BCUT2D eigenvalue weighted by Crippen LogP contribution is -2.37. The molecule has 0 N–H and O–H groups in total. The molecule has 0 aliphatic carbocycles. The Labute approximate surface area is 107 Å². The van der Waals surface area contributed by atoms with E-state index >= 15 is 0 Å². The molecular weight excluding hydrogens is 231 g/mol. The van der Waals surface area contributed by atoms with E-state index in [0.29, 0.717) is 11.5 Å². The van der Waals surface area contributed by atoms with E-state index in [2.05, 4.69) is 11.0 Å². The fourth-order valence-corrected chi connectivity index (χ4v) is 2.53. The number of benzene rings is 1. The molecule has 4 heteroatoms. The van der Waals surface area contributed by atoms with Gasteiger partial charge in [0.15, 0.2) is 0 Å². The summed E-state index contributed by atoms with van der Waals surface area (Å²) < 4.78 is 18.3. The minimum Gasteiger partial charge on any atom is -0.384 e. The number of rotatable bonds is 3. The van der Waals surface area contributed by atoms with Gasteiger partial charge in [0.25, 0.3) is 0 Å². The van der Waals surface area contributed by atoms with Crippen molar-refractivity contribution in [3.05, 3.63) is 29.6 Å². The van der Waals surface area contributed by atoms with Crippen LogP contribution in [0.3, 0.4) is 0 Å². The Bertz CT molecular complexity index is 454. The van der Waals surface area contributed by atoms with E-state index in [9.17, 15) is 4.39 Å². The summed E-state index contributed by atoms with van der Waals surface area (Å²) in [6.45, 7) is 2.52. The Kier molecular flexibility index (Phi) is 4.16. The first-order chi connectivity index (χ1) is 8.74. The fourth-order valence-electron chi connectivity index (χ4n) is 2.53. The third-order valence-electron chi connectivity index (χ3n) is 3.34. The monoisotopic (exact) mass is 248 g/mol. The lowest BCUT2D eigenvalue weighted by molar-refractivity contribution is 0.143. The van der Waals surface area contributed by atoms with Crippen molar-refractivity contribution >= 4 is 5.69 Å². The van der Waals surface area contributed by atoms with E-state index in [1.54, 1.807) is 13.2 Å². The van der Waals surface area contributed by atoms with Crippen LogP contribution in [0.2, 0.25) is 0 Å². The van der Waals surface area contributed by atoms with Crippen LogP contribution in [0.5, 0.6) is 0 Å². The molecular formula is C14H17FN2O. The van der Waals surface area contributed by atoms with Gasteiger partial charge < -0.3 is 9.64 Å². The average Bonchev–Trinajstić information content (AvgIpc) is 2.39. The largest absolute Gasteiger partial charge is 0.384 e. The number of piperidine rings is 1. The zero-order valence-corrected chi connectivity index (χ0v) is 10.5. The molecule has 0 radical (unpaired) electrons. The van der Waals surface area contributed by atoms with Crippen LogP contribution in [-0.2, 0) is 4.74 Å². The molecule has 1 aromatic carbocycles. The third kappa shape index (κ3) is 2.80. The second-order valence-electron chi connectivity index (χ2n) is 4.68. The number of ether oxygens (including phenoxy) is 1. The van der Waals surface area contributed by atoms with Crippen LogP contribution >= 0.6 is 0 Å². The first kappa shape index (κ1) is 12.8. The van der Waals surface area contributed by atoms with Crippen molar-refractivity contribution < 1.29 is 9.13 Å². The SMILES string of the molecule is COCC1CCCN(c2ccc(F)cc2C#N)C1. The average molecular weight is 248 g/mol. The molecule has 1 aliphatic rings. The Hall–Kier alpha value is -1.60. The molecule has 0 saturated carbocycles. The van der Waals surface area contributed by atoms with Crippen LogP contribution in [0.4, 0.5) is 10.1 Å². The fraction of sp³-hybridized carbons (Fsp3) is 0.500. The molecule has 96 valence electrons. The first-order valence-electron chi connectivity index (χ1n) is 6.18. The maximum absolute atomic E-state index is 13.1. The molecule has 2 rings (SSSR count). The van der Waals surface area contributed by atoms with Crippen molar-refractivity contribution in [2.24, 2.45) is 5.92 Å². The summed E-state index contributed by atoms with van der Waals surface area (Å²) in [4.78, 5) is 2.16. The van der Waals surface area contributed by atoms with Crippen molar-refractivity contribution in [1.82, 2.24) is 0 Å². The molecule has 0 amide bonds. The summed E-state index contributed by atoms with van der Waals surface area (Å²) in [5, 5.41) is 9.07. The molecule has 1 aliphatic heterocycles. The van der Waals surface area contributed by atoms with Gasteiger partial charge in [0, 0.05) is 20.2 Å². The van der Waals surface area contributed by atoms with Gasteiger partial charge in [-0.3, -0.25) is 0 Å².